The van der Waals surface area contributed by atoms with Crippen molar-refractivity contribution in [2.24, 2.45) is 0 Å². The fourth-order valence-electron chi connectivity index (χ4n) is 11.4. The summed E-state index contributed by atoms with van der Waals surface area (Å²) < 4.78 is 9.61. The van der Waals surface area contributed by atoms with E-state index in [2.05, 4.69) is 211 Å². The Hall–Kier alpha value is -7.82. The lowest BCUT2D eigenvalue weighted by Gasteiger charge is -2.41. The minimum absolute atomic E-state index is 0.108. The summed E-state index contributed by atoms with van der Waals surface area (Å²) in [6, 6.07) is 69.6. The van der Waals surface area contributed by atoms with Gasteiger partial charge in [-0.25, -0.2) is 0 Å². The largest absolute Gasteiger partial charge is 0.456 e. The van der Waals surface area contributed by atoms with Crippen molar-refractivity contribution in [3.8, 4) is 33.4 Å². The van der Waals surface area contributed by atoms with Gasteiger partial charge < -0.3 is 13.8 Å². The van der Waals surface area contributed by atoms with Gasteiger partial charge >= 0.3 is 6.85 Å². The predicted molar refractivity (Wildman–Crippen MR) is 263 cm³/mol. The molecule has 4 heterocycles. The molecule has 10 aromatic carbocycles. The molecule has 3 nitrogen and oxygen atoms in total. The number of aryl methyl sites for hydroxylation is 2. The minimum Gasteiger partial charge on any atom is -0.456 e. The van der Waals surface area contributed by atoms with Crippen LogP contribution in [0, 0.1) is 13.8 Å². The van der Waals surface area contributed by atoms with Gasteiger partial charge in [-0.05, 0) is 122 Å². The number of aromatic nitrogens is 1. The highest BCUT2D eigenvalue weighted by Crippen LogP contribution is 2.51. The molecular weight excluding hydrogens is 751 g/mol. The predicted octanol–water partition coefficient (Wildman–Crippen LogP) is 14.4. The van der Waals surface area contributed by atoms with Crippen molar-refractivity contribution in [1.29, 1.82) is 0 Å². The number of fused-ring (bicyclic) bond motifs is 13. The minimum atomic E-state index is -0.108. The highest BCUT2D eigenvalue weighted by Gasteiger charge is 2.44. The van der Waals surface area contributed by atoms with Crippen molar-refractivity contribution in [2.75, 3.05) is 4.90 Å². The Morgan fingerprint density at radius 2 is 1.03 bits per heavy atom. The van der Waals surface area contributed by atoms with Gasteiger partial charge in [0.25, 0.3) is 0 Å². The van der Waals surface area contributed by atoms with Crippen LogP contribution in [-0.4, -0.2) is 11.3 Å². The molecule has 0 spiro atoms. The first kappa shape index (κ1) is 34.0. The highest BCUT2D eigenvalue weighted by atomic mass is 16.3. The molecular formula is C58H37BN2O. The Balaban J connectivity index is 1.20. The molecule has 0 bridgehead atoms. The van der Waals surface area contributed by atoms with Crippen molar-refractivity contribution >= 4 is 100 Å². The van der Waals surface area contributed by atoms with Gasteiger partial charge in [0, 0.05) is 61.3 Å². The Labute approximate surface area is 358 Å². The van der Waals surface area contributed by atoms with Crippen molar-refractivity contribution in [2.45, 2.75) is 13.8 Å². The normalized spacial score (nSPS) is 12.9. The summed E-state index contributed by atoms with van der Waals surface area (Å²) in [5.74, 6) is 0. The van der Waals surface area contributed by atoms with Gasteiger partial charge in [0.1, 0.15) is 11.2 Å². The van der Waals surface area contributed by atoms with Gasteiger partial charge in [-0.1, -0.05) is 146 Å². The lowest BCUT2D eigenvalue weighted by atomic mass is 9.44. The van der Waals surface area contributed by atoms with Crippen LogP contribution in [0.1, 0.15) is 11.1 Å². The van der Waals surface area contributed by atoms with E-state index in [-0.39, 0.29) is 6.85 Å². The van der Waals surface area contributed by atoms with Crippen LogP contribution in [0.5, 0.6) is 0 Å². The van der Waals surface area contributed by atoms with Gasteiger partial charge in [-0.15, -0.1) is 0 Å². The zero-order chi connectivity index (χ0) is 40.8. The molecule has 2 aromatic heterocycles. The van der Waals surface area contributed by atoms with E-state index in [1.54, 1.807) is 0 Å². The van der Waals surface area contributed by atoms with E-state index in [1.165, 1.54) is 110 Å². The number of nitrogens with zero attached hydrogens (tertiary/aromatic N) is 2. The molecule has 0 saturated heterocycles. The summed E-state index contributed by atoms with van der Waals surface area (Å²) in [6.45, 7) is 4.51. The fourth-order valence-corrected chi connectivity index (χ4v) is 11.4. The third kappa shape index (κ3) is 4.45. The van der Waals surface area contributed by atoms with Crippen LogP contribution in [0.4, 0.5) is 17.1 Å². The quantitative estimate of drug-likeness (QED) is 0.131. The SMILES string of the molecule is Cc1c2ccccc2c(C)c2cc3c(cc12)B1c2c(cc4oc5ccccc5c4c2-c2cccc4c5ccccc5n1c24)N3c1cc(-c2ccccc2)cc(-c2ccccc2)c1. The summed E-state index contributed by atoms with van der Waals surface area (Å²) in [7, 11) is 0. The van der Waals surface area contributed by atoms with E-state index in [0.29, 0.717) is 0 Å². The average Bonchev–Trinajstić information content (AvgIpc) is 3.88. The van der Waals surface area contributed by atoms with Crippen LogP contribution in [-0.2, 0) is 0 Å². The van der Waals surface area contributed by atoms with Gasteiger partial charge in [0.15, 0.2) is 0 Å². The van der Waals surface area contributed by atoms with E-state index in [1.807, 2.05) is 0 Å². The van der Waals surface area contributed by atoms with Crippen molar-refractivity contribution in [3.05, 3.63) is 199 Å². The molecule has 2 aliphatic heterocycles. The Morgan fingerprint density at radius 3 is 1.74 bits per heavy atom. The molecule has 0 radical (unpaired) electrons. The molecule has 0 fully saturated rings. The molecule has 0 atom stereocenters. The molecule has 0 unspecified atom stereocenters. The average molecular weight is 789 g/mol. The second-order valence-electron chi connectivity index (χ2n) is 17.2. The van der Waals surface area contributed by atoms with Gasteiger partial charge in [0.2, 0.25) is 0 Å². The second-order valence-corrected chi connectivity index (χ2v) is 17.2. The number of rotatable bonds is 3. The number of furan rings is 1. The van der Waals surface area contributed by atoms with Gasteiger partial charge in [0.05, 0.1) is 0 Å². The lowest BCUT2D eigenvalue weighted by molar-refractivity contribution is 0.669. The maximum Gasteiger partial charge on any atom is 0.333 e. The molecule has 288 valence electrons. The van der Waals surface area contributed by atoms with Crippen molar-refractivity contribution < 1.29 is 4.42 Å². The monoisotopic (exact) mass is 788 g/mol. The van der Waals surface area contributed by atoms with Crippen LogP contribution in [0.3, 0.4) is 0 Å². The number of hydrogen-bond donors (Lipinski definition) is 0. The maximum atomic E-state index is 6.94. The summed E-state index contributed by atoms with van der Waals surface area (Å²) in [5.41, 5.74) is 20.2. The Bertz CT molecular complexity index is 3840. The zero-order valence-electron chi connectivity index (χ0n) is 34.3. The van der Waals surface area contributed by atoms with E-state index in [0.717, 1.165) is 27.9 Å². The molecule has 4 heteroatoms. The first-order valence-corrected chi connectivity index (χ1v) is 21.6. The molecule has 12 aromatic rings. The van der Waals surface area contributed by atoms with Crippen LogP contribution in [0.2, 0.25) is 0 Å². The molecule has 0 amide bonds. The highest BCUT2D eigenvalue weighted by molar-refractivity contribution is 6.90. The summed E-state index contributed by atoms with van der Waals surface area (Å²) in [6.07, 6.45) is 0. The van der Waals surface area contributed by atoms with E-state index in [9.17, 15) is 0 Å². The van der Waals surface area contributed by atoms with Crippen LogP contribution >= 0.6 is 0 Å². The standard InChI is InChI=1S/C58H37BN2O/c1-34-41-20-9-10-21-42(41)35(2)48-32-51-49(31-47(34)48)59-57-52(60(51)40-29-38(36-16-5-3-6-17-36)28-39(30-40)37-18-7-4-8-19-37)33-54-55(45-23-12-14-27-53(45)62-54)56(57)46-25-15-24-44-43-22-11-13-26-50(43)61(59)58(44)46/h3-33H,1-2H3. The molecule has 62 heavy (non-hydrogen) atoms. The van der Waals surface area contributed by atoms with Crippen LogP contribution < -0.4 is 15.8 Å². The number of anilines is 3. The topological polar surface area (TPSA) is 21.3 Å². The first-order chi connectivity index (χ1) is 30.6. The zero-order valence-corrected chi connectivity index (χ0v) is 34.3. The van der Waals surface area contributed by atoms with Crippen molar-refractivity contribution in [3.63, 3.8) is 0 Å². The molecule has 0 N–H and O–H groups in total. The van der Waals surface area contributed by atoms with Crippen LogP contribution in [0.25, 0.3) is 98.7 Å². The molecule has 0 aliphatic carbocycles. The second kappa shape index (κ2) is 12.4. The summed E-state index contributed by atoms with van der Waals surface area (Å²) in [4.78, 5) is 2.57. The number of hydrogen-bond acceptors (Lipinski definition) is 2. The fraction of sp³-hybridized carbons (Fsp3) is 0.0345. The Morgan fingerprint density at radius 1 is 0.435 bits per heavy atom. The smallest absolute Gasteiger partial charge is 0.333 e. The van der Waals surface area contributed by atoms with Gasteiger partial charge in [-0.3, -0.25) is 0 Å². The number of benzene rings is 10. The third-order valence-electron chi connectivity index (χ3n) is 14.1. The van der Waals surface area contributed by atoms with Crippen LogP contribution in [0.15, 0.2) is 192 Å². The van der Waals surface area contributed by atoms with Crippen molar-refractivity contribution in [1.82, 2.24) is 4.48 Å². The molecule has 0 saturated carbocycles. The lowest BCUT2D eigenvalue weighted by Crippen LogP contribution is -2.56. The van der Waals surface area contributed by atoms with E-state index < -0.39 is 0 Å². The van der Waals surface area contributed by atoms with E-state index >= 15 is 0 Å². The molecule has 2 aliphatic rings. The van der Waals surface area contributed by atoms with Gasteiger partial charge in [-0.2, -0.15) is 0 Å². The Kier molecular flexibility index (Phi) is 6.78. The first-order valence-electron chi connectivity index (χ1n) is 21.6. The summed E-state index contributed by atoms with van der Waals surface area (Å²) in [5, 5.41) is 10.1. The summed E-state index contributed by atoms with van der Waals surface area (Å²) >= 11 is 0. The number of para-hydroxylation sites is 3. The maximum absolute atomic E-state index is 6.94. The third-order valence-corrected chi connectivity index (χ3v) is 14.1. The van der Waals surface area contributed by atoms with E-state index in [4.69, 9.17) is 4.42 Å². The molecule has 14 rings (SSSR count).